The van der Waals surface area contributed by atoms with Gasteiger partial charge in [-0.3, -0.25) is 4.57 Å². The summed E-state index contributed by atoms with van der Waals surface area (Å²) in [5, 5.41) is 7.25. The van der Waals surface area contributed by atoms with Crippen molar-refractivity contribution in [1.29, 1.82) is 0 Å². The van der Waals surface area contributed by atoms with E-state index in [4.69, 9.17) is 15.0 Å². The molecular formula is C63H41N7. The molecule has 1 aliphatic heterocycles. The fourth-order valence-corrected chi connectivity index (χ4v) is 11.7. The molecule has 15 rings (SSSR count). The number of para-hydroxylation sites is 4. The summed E-state index contributed by atoms with van der Waals surface area (Å²) < 4.78 is 7.21. The lowest BCUT2D eigenvalue weighted by Crippen LogP contribution is -2.28. The Morgan fingerprint density at radius 1 is 0.357 bits per heavy atom. The summed E-state index contributed by atoms with van der Waals surface area (Å²) in [6.45, 7) is 0. The van der Waals surface area contributed by atoms with Gasteiger partial charge in [0.15, 0.2) is 11.6 Å². The molecule has 1 aliphatic carbocycles. The van der Waals surface area contributed by atoms with E-state index in [1.807, 2.05) is 36.4 Å². The van der Waals surface area contributed by atoms with Gasteiger partial charge >= 0.3 is 0 Å². The first-order valence-corrected chi connectivity index (χ1v) is 24.0. The summed E-state index contributed by atoms with van der Waals surface area (Å²) in [5.41, 5.74) is 14.6. The van der Waals surface area contributed by atoms with Crippen LogP contribution in [-0.4, -0.2) is 34.7 Å². The molecule has 0 N–H and O–H groups in total. The third-order valence-corrected chi connectivity index (χ3v) is 14.6. The van der Waals surface area contributed by atoms with Crippen molar-refractivity contribution in [2.75, 3.05) is 4.90 Å². The second kappa shape index (κ2) is 15.1. The fraction of sp³-hybridized carbons (Fsp3) is 0.0317. The zero-order chi connectivity index (χ0) is 45.9. The number of allylic oxidation sites excluding steroid dienone is 2. The largest absolute Gasteiger partial charge is 0.333 e. The van der Waals surface area contributed by atoms with E-state index in [-0.39, 0.29) is 12.0 Å². The number of hydrogen-bond acceptors (Lipinski definition) is 4. The zero-order valence-electron chi connectivity index (χ0n) is 37.8. The molecule has 0 saturated carbocycles. The number of anilines is 2. The Labute approximate surface area is 402 Å². The second-order valence-corrected chi connectivity index (χ2v) is 18.3. The molecule has 0 radical (unpaired) electrons. The standard InChI is InChI=1S/C63H41N7/c1-4-19-40(20-5-1)61-64-62(41-21-6-2-7-22-41)66-63(65-61)70-52-32-15-11-28-46(52)48-36-38-56-58(60(48)70)50-30-13-17-34-54(50)68(56)43-25-18-26-44(39-43)69-51-31-14-10-27-45(51)47-35-37-55-57(59(47)69)49-29-12-16-33-53(49)67(55)42-23-8-3-9-24-42/h1-39,50,54H. The van der Waals surface area contributed by atoms with E-state index < -0.39 is 0 Å². The van der Waals surface area contributed by atoms with Crippen molar-refractivity contribution >= 4 is 76.8 Å². The first-order valence-electron chi connectivity index (χ1n) is 24.0. The van der Waals surface area contributed by atoms with Gasteiger partial charge in [0.2, 0.25) is 5.95 Å². The molecule has 0 bridgehead atoms. The Bertz CT molecular complexity index is 4250. The lowest BCUT2D eigenvalue weighted by Gasteiger charge is -2.29. The predicted octanol–water partition coefficient (Wildman–Crippen LogP) is 15.2. The summed E-state index contributed by atoms with van der Waals surface area (Å²) in [6, 6.07) is 76.0. The molecule has 5 heterocycles. The van der Waals surface area contributed by atoms with E-state index in [0.29, 0.717) is 17.6 Å². The number of aromatic nitrogens is 6. The highest BCUT2D eigenvalue weighted by Gasteiger charge is 2.40. The number of benzene rings is 9. The molecule has 2 unspecified atom stereocenters. The predicted molar refractivity (Wildman–Crippen MR) is 287 cm³/mol. The van der Waals surface area contributed by atoms with Crippen LogP contribution < -0.4 is 4.90 Å². The van der Waals surface area contributed by atoms with Crippen molar-refractivity contribution in [3.8, 4) is 40.1 Å². The van der Waals surface area contributed by atoms with Gasteiger partial charge in [-0.1, -0.05) is 176 Å². The van der Waals surface area contributed by atoms with Gasteiger partial charge in [-0.25, -0.2) is 4.98 Å². The van der Waals surface area contributed by atoms with Crippen LogP contribution in [0, 0.1) is 0 Å². The molecule has 2 atom stereocenters. The van der Waals surface area contributed by atoms with Crippen molar-refractivity contribution in [3.63, 3.8) is 0 Å². The number of fused-ring (bicyclic) bond motifs is 14. The van der Waals surface area contributed by atoms with Crippen LogP contribution in [0.1, 0.15) is 11.5 Å². The average Bonchev–Trinajstić information content (AvgIpc) is 4.16. The minimum Gasteiger partial charge on any atom is -0.333 e. The van der Waals surface area contributed by atoms with E-state index in [9.17, 15) is 0 Å². The van der Waals surface area contributed by atoms with Crippen LogP contribution >= 0.6 is 0 Å². The first kappa shape index (κ1) is 38.7. The van der Waals surface area contributed by atoms with Crippen LogP contribution in [0.4, 0.5) is 11.4 Å². The van der Waals surface area contributed by atoms with Crippen molar-refractivity contribution in [2.24, 2.45) is 0 Å². The lowest BCUT2D eigenvalue weighted by atomic mass is 9.90. The topological polar surface area (TPSA) is 56.7 Å². The van der Waals surface area contributed by atoms with Gasteiger partial charge in [0, 0.05) is 77.7 Å². The van der Waals surface area contributed by atoms with Crippen molar-refractivity contribution < 1.29 is 0 Å². The minimum absolute atomic E-state index is 0.0270. The van der Waals surface area contributed by atoms with Gasteiger partial charge in [0.1, 0.15) is 0 Å². The van der Waals surface area contributed by atoms with Crippen LogP contribution in [0.25, 0.3) is 106 Å². The summed E-state index contributed by atoms with van der Waals surface area (Å²) >= 11 is 0. The number of rotatable bonds is 6. The van der Waals surface area contributed by atoms with Gasteiger partial charge in [-0.15, -0.1) is 0 Å². The quantitative estimate of drug-likeness (QED) is 0.167. The van der Waals surface area contributed by atoms with E-state index in [0.717, 1.165) is 50.3 Å². The summed E-state index contributed by atoms with van der Waals surface area (Å²) in [4.78, 5) is 18.3. The molecule has 0 fully saturated rings. The zero-order valence-corrected chi connectivity index (χ0v) is 37.8. The van der Waals surface area contributed by atoms with E-state index in [1.54, 1.807) is 0 Å². The maximum Gasteiger partial charge on any atom is 0.238 e. The summed E-state index contributed by atoms with van der Waals surface area (Å²) in [5.74, 6) is 1.90. The van der Waals surface area contributed by atoms with Crippen LogP contribution in [-0.2, 0) is 0 Å². The van der Waals surface area contributed by atoms with Gasteiger partial charge in [-0.2, -0.15) is 9.97 Å². The van der Waals surface area contributed by atoms with E-state index >= 15 is 0 Å². The lowest BCUT2D eigenvalue weighted by molar-refractivity contribution is 0.745. The van der Waals surface area contributed by atoms with Crippen molar-refractivity contribution in [1.82, 2.24) is 28.7 Å². The highest BCUT2D eigenvalue weighted by Crippen LogP contribution is 2.53. The smallest absolute Gasteiger partial charge is 0.238 e. The highest BCUT2D eigenvalue weighted by atomic mass is 15.2. The van der Waals surface area contributed by atoms with Gasteiger partial charge in [-0.05, 0) is 60.7 Å². The molecule has 4 aromatic heterocycles. The first-order chi connectivity index (χ1) is 34.8. The molecule has 13 aromatic rings. The monoisotopic (exact) mass is 895 g/mol. The molecule has 0 spiro atoms. The van der Waals surface area contributed by atoms with Crippen molar-refractivity contribution in [2.45, 2.75) is 12.0 Å². The molecule has 0 saturated heterocycles. The molecule has 9 aromatic carbocycles. The summed E-state index contributed by atoms with van der Waals surface area (Å²) in [6.07, 6.45) is 9.14. The van der Waals surface area contributed by atoms with Crippen LogP contribution in [0.15, 0.2) is 237 Å². The fourth-order valence-electron chi connectivity index (χ4n) is 11.7. The third kappa shape index (κ3) is 5.60. The Hall–Kier alpha value is -9.33. The second-order valence-electron chi connectivity index (χ2n) is 18.3. The molecule has 70 heavy (non-hydrogen) atoms. The van der Waals surface area contributed by atoms with E-state index in [2.05, 4.69) is 219 Å². The average molecular weight is 896 g/mol. The highest BCUT2D eigenvalue weighted by molar-refractivity contribution is 6.26. The van der Waals surface area contributed by atoms with Crippen LogP contribution in [0.3, 0.4) is 0 Å². The van der Waals surface area contributed by atoms with Crippen LogP contribution in [0.2, 0.25) is 0 Å². The summed E-state index contributed by atoms with van der Waals surface area (Å²) in [7, 11) is 0. The van der Waals surface area contributed by atoms with Gasteiger partial charge < -0.3 is 14.0 Å². The Kier molecular flexibility index (Phi) is 8.35. The maximum absolute atomic E-state index is 5.32. The SMILES string of the molecule is C1=CC2c3c(ccc4c5ccccc5n(-c5nc(-c6ccccc6)nc(-c6ccccc6)n5)c34)N(c3cccc(-n4c5ccccc5c5ccc6c(c7ccccc7n6-c6ccccc6)c54)c3)C2C=C1. The molecular weight excluding hydrogens is 855 g/mol. The normalized spacial score (nSPS) is 15.3. The minimum atomic E-state index is 0.0270. The molecule has 7 nitrogen and oxygen atoms in total. The molecule has 0 amide bonds. The third-order valence-electron chi connectivity index (χ3n) is 14.6. The maximum atomic E-state index is 5.32. The molecule has 2 aliphatic rings. The Morgan fingerprint density at radius 3 is 1.60 bits per heavy atom. The molecule has 328 valence electrons. The van der Waals surface area contributed by atoms with Gasteiger partial charge in [0.05, 0.1) is 39.1 Å². The molecule has 7 heteroatoms. The van der Waals surface area contributed by atoms with Gasteiger partial charge in [0.25, 0.3) is 0 Å². The number of hydrogen-bond donors (Lipinski definition) is 0. The Morgan fingerprint density at radius 2 is 0.900 bits per heavy atom. The number of nitrogens with zero attached hydrogens (tertiary/aromatic N) is 7. The van der Waals surface area contributed by atoms with E-state index in [1.165, 1.54) is 54.6 Å². The van der Waals surface area contributed by atoms with Crippen LogP contribution in [0.5, 0.6) is 0 Å². The Balaban J connectivity index is 0.971. The van der Waals surface area contributed by atoms with Crippen molar-refractivity contribution in [3.05, 3.63) is 242 Å².